The van der Waals surface area contributed by atoms with Crippen LogP contribution in [0.3, 0.4) is 0 Å². The van der Waals surface area contributed by atoms with Gasteiger partial charge in [-0.15, -0.1) is 0 Å². The molecule has 2 heterocycles. The van der Waals surface area contributed by atoms with E-state index in [1.54, 1.807) is 32.6 Å². The highest BCUT2D eigenvalue weighted by molar-refractivity contribution is 5.86. The summed E-state index contributed by atoms with van der Waals surface area (Å²) in [5, 5.41) is 21.4. The summed E-state index contributed by atoms with van der Waals surface area (Å²) in [7, 11) is 3.19. The normalized spacial score (nSPS) is 13.6. The summed E-state index contributed by atoms with van der Waals surface area (Å²) in [4.78, 5) is 38.5. The zero-order valence-corrected chi connectivity index (χ0v) is 16.8. The molecule has 9 nitrogen and oxygen atoms in total. The Bertz CT molecular complexity index is 1030. The number of nitrogens with zero attached hydrogens (tertiary/aromatic N) is 6. The lowest BCUT2D eigenvalue weighted by Crippen LogP contribution is -2.38. The molecular formula is C21H21N7O2. The molecule has 2 aromatic heterocycles. The SMILES string of the molecule is CN(C)C(=O)C(CC#N)Nc1cc(-c2cnc(CC(=O)C3CC3)cn2)cnc1C#N. The van der Waals surface area contributed by atoms with Crippen LogP contribution in [0.4, 0.5) is 5.69 Å². The van der Waals surface area contributed by atoms with Gasteiger partial charge in [0.05, 0.1) is 42.2 Å². The predicted octanol–water partition coefficient (Wildman–Crippen LogP) is 1.71. The van der Waals surface area contributed by atoms with Gasteiger partial charge in [0.1, 0.15) is 17.9 Å². The number of carbonyl (C=O) groups is 2. The van der Waals surface area contributed by atoms with Crippen LogP contribution in [0.15, 0.2) is 24.7 Å². The molecule has 1 atom stereocenters. The van der Waals surface area contributed by atoms with Crippen molar-refractivity contribution in [2.45, 2.75) is 31.7 Å². The average Bonchev–Trinajstić information content (AvgIpc) is 3.59. The van der Waals surface area contributed by atoms with E-state index in [9.17, 15) is 14.9 Å². The molecule has 0 saturated heterocycles. The van der Waals surface area contributed by atoms with Crippen LogP contribution in [0, 0.1) is 28.6 Å². The van der Waals surface area contributed by atoms with Gasteiger partial charge in [0.2, 0.25) is 5.91 Å². The number of rotatable bonds is 8. The summed E-state index contributed by atoms with van der Waals surface area (Å²) >= 11 is 0. The van der Waals surface area contributed by atoms with Crippen molar-refractivity contribution in [2.24, 2.45) is 5.92 Å². The summed E-state index contributed by atoms with van der Waals surface area (Å²) in [6.07, 6.45) is 6.75. The Labute approximate surface area is 174 Å². The second kappa shape index (κ2) is 9.10. The molecule has 1 saturated carbocycles. The van der Waals surface area contributed by atoms with Gasteiger partial charge in [-0.25, -0.2) is 4.98 Å². The van der Waals surface area contributed by atoms with Crippen LogP contribution >= 0.6 is 0 Å². The molecule has 9 heteroatoms. The number of hydrogen-bond acceptors (Lipinski definition) is 8. The van der Waals surface area contributed by atoms with Crippen molar-refractivity contribution in [1.29, 1.82) is 10.5 Å². The zero-order valence-electron chi connectivity index (χ0n) is 16.8. The van der Waals surface area contributed by atoms with Gasteiger partial charge in [-0.3, -0.25) is 19.6 Å². The van der Waals surface area contributed by atoms with Crippen molar-refractivity contribution in [3.05, 3.63) is 36.0 Å². The van der Waals surface area contributed by atoms with E-state index in [0.717, 1.165) is 12.8 Å². The highest BCUT2D eigenvalue weighted by Crippen LogP contribution is 2.30. The average molecular weight is 403 g/mol. The minimum absolute atomic E-state index is 0.0599. The molecule has 1 aliphatic carbocycles. The lowest BCUT2D eigenvalue weighted by Gasteiger charge is -2.21. The molecule has 1 N–H and O–H groups in total. The first kappa shape index (κ1) is 20.9. The molecule has 1 fully saturated rings. The van der Waals surface area contributed by atoms with E-state index in [0.29, 0.717) is 22.6 Å². The van der Waals surface area contributed by atoms with E-state index in [1.165, 1.54) is 11.1 Å². The monoisotopic (exact) mass is 403 g/mol. The third-order valence-corrected chi connectivity index (χ3v) is 4.75. The fourth-order valence-corrected chi connectivity index (χ4v) is 2.92. The minimum Gasteiger partial charge on any atom is -0.370 e. The van der Waals surface area contributed by atoms with Gasteiger partial charge in [0.15, 0.2) is 5.69 Å². The van der Waals surface area contributed by atoms with Gasteiger partial charge in [-0.05, 0) is 18.9 Å². The molecule has 0 bridgehead atoms. The van der Waals surface area contributed by atoms with Gasteiger partial charge < -0.3 is 10.2 Å². The van der Waals surface area contributed by atoms with Crippen LogP contribution in [0.1, 0.15) is 30.7 Å². The lowest BCUT2D eigenvalue weighted by molar-refractivity contribution is -0.129. The third kappa shape index (κ3) is 4.95. The topological polar surface area (TPSA) is 136 Å². The molecular weight excluding hydrogens is 382 g/mol. The first-order valence-corrected chi connectivity index (χ1v) is 9.51. The van der Waals surface area contributed by atoms with Gasteiger partial charge in [-0.1, -0.05) is 0 Å². The van der Waals surface area contributed by atoms with Crippen LogP contribution in [0.25, 0.3) is 11.3 Å². The maximum atomic E-state index is 12.3. The van der Waals surface area contributed by atoms with Crippen LogP contribution in [-0.2, 0) is 16.0 Å². The largest absolute Gasteiger partial charge is 0.370 e. The predicted molar refractivity (Wildman–Crippen MR) is 108 cm³/mol. The van der Waals surface area contributed by atoms with Crippen LogP contribution in [0.5, 0.6) is 0 Å². The molecule has 0 aromatic carbocycles. The number of nitrogens with one attached hydrogen (secondary N) is 1. The Morgan fingerprint density at radius 2 is 1.97 bits per heavy atom. The highest BCUT2D eigenvalue weighted by atomic mass is 16.2. The van der Waals surface area contributed by atoms with E-state index in [4.69, 9.17) is 5.26 Å². The Morgan fingerprint density at radius 3 is 2.53 bits per heavy atom. The number of carbonyl (C=O) groups excluding carboxylic acids is 2. The quantitative estimate of drug-likeness (QED) is 0.703. The molecule has 1 amide bonds. The first-order valence-electron chi connectivity index (χ1n) is 9.51. The molecule has 0 aliphatic heterocycles. The summed E-state index contributed by atoms with van der Waals surface area (Å²) in [5.74, 6) is 0.0852. The van der Waals surface area contributed by atoms with Gasteiger partial charge >= 0.3 is 0 Å². The van der Waals surface area contributed by atoms with Crippen molar-refractivity contribution in [3.8, 4) is 23.4 Å². The number of Topliss-reactive ketones (excluding diaryl/α,β-unsaturated/α-hetero) is 1. The molecule has 30 heavy (non-hydrogen) atoms. The van der Waals surface area contributed by atoms with Crippen molar-refractivity contribution in [3.63, 3.8) is 0 Å². The van der Waals surface area contributed by atoms with E-state index >= 15 is 0 Å². The molecule has 152 valence electrons. The van der Waals surface area contributed by atoms with Crippen molar-refractivity contribution in [2.75, 3.05) is 19.4 Å². The summed E-state index contributed by atoms with van der Waals surface area (Å²) in [6, 6.07) is 4.80. The van der Waals surface area contributed by atoms with E-state index in [2.05, 4.69) is 20.3 Å². The standard InChI is InChI=1S/C21H21N7O2/c1-28(2)21(30)16(5-6-22)27-17-7-14(10-25-18(17)9-23)19-12-24-15(11-26-19)8-20(29)13-3-4-13/h7,10-13,16,27H,3-5,8H2,1-2H3. The number of hydrogen-bond donors (Lipinski definition) is 1. The summed E-state index contributed by atoms with van der Waals surface area (Å²) in [5.41, 5.74) is 2.17. The fourth-order valence-electron chi connectivity index (χ4n) is 2.92. The number of pyridine rings is 1. The first-order chi connectivity index (χ1) is 14.4. The van der Waals surface area contributed by atoms with Crippen molar-refractivity contribution >= 4 is 17.4 Å². The van der Waals surface area contributed by atoms with E-state index in [1.807, 2.05) is 12.1 Å². The van der Waals surface area contributed by atoms with E-state index < -0.39 is 6.04 Å². The van der Waals surface area contributed by atoms with E-state index in [-0.39, 0.29) is 36.1 Å². The number of amides is 1. The maximum absolute atomic E-state index is 12.3. The Balaban J connectivity index is 1.83. The Kier molecular flexibility index (Phi) is 6.33. The number of likely N-dealkylation sites (N-methyl/N-ethyl adjacent to an activating group) is 1. The smallest absolute Gasteiger partial charge is 0.245 e. The number of anilines is 1. The Morgan fingerprint density at radius 1 is 1.20 bits per heavy atom. The fraction of sp³-hybridized carbons (Fsp3) is 0.381. The van der Waals surface area contributed by atoms with Gasteiger partial charge in [0, 0.05) is 38.0 Å². The van der Waals surface area contributed by atoms with Crippen LogP contribution < -0.4 is 5.32 Å². The highest BCUT2D eigenvalue weighted by Gasteiger charge is 2.29. The summed E-state index contributed by atoms with van der Waals surface area (Å²) < 4.78 is 0. The van der Waals surface area contributed by atoms with Crippen molar-refractivity contribution < 1.29 is 9.59 Å². The third-order valence-electron chi connectivity index (χ3n) is 4.75. The number of nitriles is 2. The molecule has 1 unspecified atom stereocenters. The maximum Gasteiger partial charge on any atom is 0.245 e. The molecule has 3 rings (SSSR count). The molecule has 0 radical (unpaired) electrons. The molecule has 2 aromatic rings. The Hall–Kier alpha value is -3.85. The van der Waals surface area contributed by atoms with Gasteiger partial charge in [-0.2, -0.15) is 10.5 Å². The zero-order chi connectivity index (χ0) is 21.7. The van der Waals surface area contributed by atoms with Crippen LogP contribution in [0.2, 0.25) is 0 Å². The number of ketones is 1. The second-order valence-corrected chi connectivity index (χ2v) is 7.33. The minimum atomic E-state index is -0.809. The van der Waals surface area contributed by atoms with Gasteiger partial charge in [0.25, 0.3) is 0 Å². The summed E-state index contributed by atoms with van der Waals surface area (Å²) in [6.45, 7) is 0. The molecule has 1 aliphatic rings. The molecule has 0 spiro atoms. The lowest BCUT2D eigenvalue weighted by atomic mass is 10.1. The second-order valence-electron chi connectivity index (χ2n) is 7.33. The van der Waals surface area contributed by atoms with Crippen molar-refractivity contribution in [1.82, 2.24) is 19.9 Å². The number of aromatic nitrogens is 3. The van der Waals surface area contributed by atoms with Crippen LogP contribution in [-0.4, -0.2) is 51.7 Å².